The Hall–Kier alpha value is -1.08. The fourth-order valence-corrected chi connectivity index (χ4v) is 1.51. The van der Waals surface area contributed by atoms with E-state index in [0.717, 1.165) is 11.5 Å². The lowest BCUT2D eigenvalue weighted by atomic mass is 9.99. The van der Waals surface area contributed by atoms with Gasteiger partial charge in [0.2, 0.25) is 0 Å². The highest BCUT2D eigenvalue weighted by Crippen LogP contribution is 2.12. The van der Waals surface area contributed by atoms with Crippen LogP contribution in [0.3, 0.4) is 0 Å². The highest BCUT2D eigenvalue weighted by Gasteiger charge is 2.28. The number of nitrogens with zero attached hydrogens (tertiary/aromatic N) is 2. The van der Waals surface area contributed by atoms with Crippen molar-refractivity contribution >= 4 is 34.6 Å². The van der Waals surface area contributed by atoms with E-state index in [0.29, 0.717) is 11.3 Å². The quantitative estimate of drug-likeness (QED) is 0.763. The van der Waals surface area contributed by atoms with Crippen LogP contribution >= 0.6 is 23.8 Å². The minimum absolute atomic E-state index is 0.248. The number of rotatable bonds is 4. The molecule has 5 nitrogen and oxygen atoms in total. The Balaban J connectivity index is 2.77. The van der Waals surface area contributed by atoms with Crippen LogP contribution < -0.4 is 11.1 Å². The molecule has 1 heterocycles. The highest BCUT2D eigenvalue weighted by molar-refractivity contribution is 7.80. The summed E-state index contributed by atoms with van der Waals surface area (Å²) < 4.78 is 3.61. The highest BCUT2D eigenvalue weighted by atomic mass is 32.1. The van der Waals surface area contributed by atoms with Gasteiger partial charge in [-0.3, -0.25) is 4.79 Å². The fraction of sp³-hybridized carbons (Fsp3) is 0.500. The van der Waals surface area contributed by atoms with Gasteiger partial charge in [-0.05, 0) is 24.9 Å². The zero-order chi connectivity index (χ0) is 11.5. The molecule has 0 radical (unpaired) electrons. The Labute approximate surface area is 97.2 Å². The average molecular weight is 244 g/mol. The second kappa shape index (κ2) is 4.63. The molecule has 1 aromatic rings. The van der Waals surface area contributed by atoms with E-state index in [2.05, 4.69) is 14.9 Å². The number of nitrogens with one attached hydrogen (secondary N) is 1. The molecule has 15 heavy (non-hydrogen) atoms. The Morgan fingerprint density at radius 3 is 2.87 bits per heavy atom. The molecule has 0 saturated carbocycles. The number of hydrogen-bond donors (Lipinski definition) is 2. The molecule has 0 saturated heterocycles. The molecule has 1 atom stereocenters. The van der Waals surface area contributed by atoms with Crippen LogP contribution in [0.4, 0.5) is 0 Å². The van der Waals surface area contributed by atoms with E-state index >= 15 is 0 Å². The minimum atomic E-state index is -0.656. The zero-order valence-corrected chi connectivity index (χ0v) is 10.1. The number of carbonyl (C=O) groups is 1. The monoisotopic (exact) mass is 244 g/mol. The molecule has 1 amide bonds. The van der Waals surface area contributed by atoms with Crippen molar-refractivity contribution in [2.24, 2.45) is 5.73 Å². The maximum absolute atomic E-state index is 11.7. The van der Waals surface area contributed by atoms with Gasteiger partial charge in [0.25, 0.3) is 5.91 Å². The van der Waals surface area contributed by atoms with Gasteiger partial charge < -0.3 is 11.1 Å². The molecular formula is C8H12N4OS2. The molecule has 0 aliphatic rings. The first kappa shape index (κ1) is 12.0. The van der Waals surface area contributed by atoms with Crippen molar-refractivity contribution in [3.63, 3.8) is 0 Å². The summed E-state index contributed by atoms with van der Waals surface area (Å²) in [7, 11) is 0. The van der Waals surface area contributed by atoms with Gasteiger partial charge in [0.05, 0.1) is 16.7 Å². The molecule has 1 aromatic heterocycles. The molecule has 0 aliphatic carbocycles. The van der Waals surface area contributed by atoms with E-state index in [1.54, 1.807) is 6.92 Å². The molecule has 3 N–H and O–H groups in total. The molecule has 1 unspecified atom stereocenters. The number of aromatic nitrogens is 2. The van der Waals surface area contributed by atoms with Gasteiger partial charge >= 0.3 is 0 Å². The number of thiocarbonyl (C=S) groups is 1. The van der Waals surface area contributed by atoms with Crippen LogP contribution in [0.15, 0.2) is 6.20 Å². The first-order valence-corrected chi connectivity index (χ1v) is 5.57. The van der Waals surface area contributed by atoms with E-state index in [4.69, 9.17) is 18.0 Å². The lowest BCUT2D eigenvalue weighted by Crippen LogP contribution is -2.53. The molecule has 7 heteroatoms. The first-order chi connectivity index (χ1) is 6.99. The van der Waals surface area contributed by atoms with E-state index < -0.39 is 5.54 Å². The van der Waals surface area contributed by atoms with Gasteiger partial charge in [-0.1, -0.05) is 23.6 Å². The van der Waals surface area contributed by atoms with E-state index in [1.807, 2.05) is 6.92 Å². The molecule has 1 rings (SSSR count). The van der Waals surface area contributed by atoms with Crippen LogP contribution in [0.1, 0.15) is 29.9 Å². The summed E-state index contributed by atoms with van der Waals surface area (Å²) in [4.78, 5) is 12.4. The maximum Gasteiger partial charge on any atom is 0.265 e. The van der Waals surface area contributed by atoms with Crippen LogP contribution in [0.25, 0.3) is 0 Å². The summed E-state index contributed by atoms with van der Waals surface area (Å²) in [6.45, 7) is 3.70. The summed E-state index contributed by atoms with van der Waals surface area (Å²) in [6.07, 6.45) is 2.05. The van der Waals surface area contributed by atoms with Gasteiger partial charge in [-0.25, -0.2) is 0 Å². The molecule has 0 fully saturated rings. The van der Waals surface area contributed by atoms with Crippen molar-refractivity contribution in [2.45, 2.75) is 25.8 Å². The lowest BCUT2D eigenvalue weighted by Gasteiger charge is -2.27. The van der Waals surface area contributed by atoms with Gasteiger partial charge in [0.1, 0.15) is 4.88 Å². The fourth-order valence-electron chi connectivity index (χ4n) is 0.904. The predicted molar refractivity (Wildman–Crippen MR) is 62.9 cm³/mol. The third-order valence-electron chi connectivity index (χ3n) is 2.23. The van der Waals surface area contributed by atoms with Gasteiger partial charge in [0, 0.05) is 0 Å². The number of amides is 1. The van der Waals surface area contributed by atoms with Crippen molar-refractivity contribution in [3.05, 3.63) is 11.1 Å². The number of nitrogens with two attached hydrogens (primary N) is 1. The topological polar surface area (TPSA) is 80.9 Å². The normalized spacial score (nSPS) is 14.3. The Kier molecular flexibility index (Phi) is 3.70. The first-order valence-electron chi connectivity index (χ1n) is 4.39. The van der Waals surface area contributed by atoms with E-state index in [9.17, 15) is 4.79 Å². The Morgan fingerprint density at radius 2 is 2.47 bits per heavy atom. The minimum Gasteiger partial charge on any atom is -0.391 e. The largest absolute Gasteiger partial charge is 0.391 e. The number of carbonyl (C=O) groups excluding carboxylic acids is 1. The van der Waals surface area contributed by atoms with Crippen molar-refractivity contribution in [3.8, 4) is 0 Å². The summed E-state index contributed by atoms with van der Waals surface area (Å²) in [5.74, 6) is -0.248. The molecule has 0 aliphatic heterocycles. The van der Waals surface area contributed by atoms with Crippen molar-refractivity contribution < 1.29 is 4.79 Å². The van der Waals surface area contributed by atoms with Crippen molar-refractivity contribution in [1.29, 1.82) is 0 Å². The van der Waals surface area contributed by atoms with E-state index in [1.165, 1.54) is 6.20 Å². The third kappa shape index (κ3) is 2.69. The predicted octanol–water partition coefficient (Wildman–Crippen LogP) is 0.723. The Bertz CT molecular complexity index is 365. The van der Waals surface area contributed by atoms with Gasteiger partial charge in [-0.15, -0.1) is 5.10 Å². The van der Waals surface area contributed by atoms with Gasteiger partial charge in [0.15, 0.2) is 0 Å². The third-order valence-corrected chi connectivity index (χ3v) is 3.34. The molecular weight excluding hydrogens is 232 g/mol. The molecule has 82 valence electrons. The SMILES string of the molecule is CCC(C)(NC(=O)c1cnns1)C(N)=S. The van der Waals surface area contributed by atoms with Crippen LogP contribution in [0.2, 0.25) is 0 Å². The van der Waals surface area contributed by atoms with Crippen LogP contribution in [-0.4, -0.2) is 26.0 Å². The average Bonchev–Trinajstić information content (AvgIpc) is 2.70. The van der Waals surface area contributed by atoms with Crippen LogP contribution in [0.5, 0.6) is 0 Å². The Morgan fingerprint density at radius 1 is 1.80 bits per heavy atom. The standard InChI is InChI=1S/C8H12N4OS2/c1-3-8(2,7(9)14)11-6(13)5-4-10-12-15-5/h4H,3H2,1-2H3,(H2,9,14)(H,11,13). The summed E-state index contributed by atoms with van der Waals surface area (Å²) in [5, 5.41) is 6.36. The summed E-state index contributed by atoms with van der Waals surface area (Å²) in [5.41, 5.74) is 4.92. The van der Waals surface area contributed by atoms with Crippen LogP contribution in [0, 0.1) is 0 Å². The summed E-state index contributed by atoms with van der Waals surface area (Å²) >= 11 is 5.95. The maximum atomic E-state index is 11.7. The van der Waals surface area contributed by atoms with Crippen LogP contribution in [-0.2, 0) is 0 Å². The summed E-state index contributed by atoms with van der Waals surface area (Å²) in [6, 6.07) is 0. The van der Waals surface area contributed by atoms with Gasteiger partial charge in [-0.2, -0.15) is 0 Å². The van der Waals surface area contributed by atoms with E-state index in [-0.39, 0.29) is 10.9 Å². The second-order valence-corrected chi connectivity index (χ2v) is 4.51. The van der Waals surface area contributed by atoms with Crippen molar-refractivity contribution in [2.75, 3.05) is 0 Å². The molecule has 0 bridgehead atoms. The smallest absolute Gasteiger partial charge is 0.265 e. The number of hydrogen-bond acceptors (Lipinski definition) is 5. The lowest BCUT2D eigenvalue weighted by molar-refractivity contribution is 0.0930. The second-order valence-electron chi connectivity index (χ2n) is 3.29. The molecule has 0 spiro atoms. The molecule has 0 aromatic carbocycles. The van der Waals surface area contributed by atoms with Crippen molar-refractivity contribution in [1.82, 2.24) is 14.9 Å². The zero-order valence-electron chi connectivity index (χ0n) is 8.48.